The van der Waals surface area contributed by atoms with E-state index in [9.17, 15) is 9.59 Å². The van der Waals surface area contributed by atoms with Crippen molar-refractivity contribution in [1.29, 1.82) is 0 Å². The van der Waals surface area contributed by atoms with E-state index in [1.54, 1.807) is 12.4 Å². The van der Waals surface area contributed by atoms with Crippen LogP contribution in [0.5, 0.6) is 0 Å². The fraction of sp³-hybridized carbons (Fsp3) is 0.650. The Kier molecular flexibility index (Phi) is 6.05. The van der Waals surface area contributed by atoms with Crippen LogP contribution in [0.2, 0.25) is 0 Å². The van der Waals surface area contributed by atoms with Gasteiger partial charge in [-0.1, -0.05) is 19.3 Å². The van der Waals surface area contributed by atoms with Crippen molar-refractivity contribution in [3.8, 4) is 0 Å². The Bertz CT molecular complexity index is 580. The lowest BCUT2D eigenvalue weighted by atomic mass is 9.87. The first kappa shape index (κ1) is 17.9. The molecule has 5 heteroatoms. The van der Waals surface area contributed by atoms with Crippen LogP contribution in [0.25, 0.3) is 0 Å². The topological polar surface area (TPSA) is 62.3 Å². The molecule has 5 nitrogen and oxygen atoms in total. The summed E-state index contributed by atoms with van der Waals surface area (Å²) in [7, 11) is 0. The van der Waals surface area contributed by atoms with Gasteiger partial charge in [-0.15, -0.1) is 0 Å². The first-order chi connectivity index (χ1) is 12.1. The molecule has 1 N–H and O–H groups in total. The summed E-state index contributed by atoms with van der Waals surface area (Å²) in [5, 5.41) is 2.93. The van der Waals surface area contributed by atoms with Crippen LogP contribution in [0.15, 0.2) is 24.5 Å². The van der Waals surface area contributed by atoms with Gasteiger partial charge in [-0.2, -0.15) is 0 Å². The van der Waals surface area contributed by atoms with Crippen LogP contribution in [0.1, 0.15) is 63.9 Å². The lowest BCUT2D eigenvalue weighted by molar-refractivity contribution is -0.137. The highest BCUT2D eigenvalue weighted by atomic mass is 16.2. The van der Waals surface area contributed by atoms with Gasteiger partial charge in [-0.25, -0.2) is 0 Å². The van der Waals surface area contributed by atoms with Crippen molar-refractivity contribution in [2.24, 2.45) is 5.92 Å². The van der Waals surface area contributed by atoms with Crippen LogP contribution in [0.3, 0.4) is 0 Å². The van der Waals surface area contributed by atoms with Gasteiger partial charge in [0.15, 0.2) is 0 Å². The predicted octanol–water partition coefficient (Wildman–Crippen LogP) is 3.05. The minimum atomic E-state index is -0.460. The highest BCUT2D eigenvalue weighted by Crippen LogP contribution is 2.29. The highest BCUT2D eigenvalue weighted by molar-refractivity contribution is 5.87. The van der Waals surface area contributed by atoms with E-state index in [2.05, 4.69) is 10.3 Å². The fourth-order valence-corrected chi connectivity index (χ4v) is 3.72. The maximum atomic E-state index is 12.9. The van der Waals surface area contributed by atoms with E-state index in [1.807, 2.05) is 24.0 Å². The summed E-state index contributed by atoms with van der Waals surface area (Å²) in [6.45, 7) is 2.40. The van der Waals surface area contributed by atoms with Gasteiger partial charge in [0.2, 0.25) is 11.8 Å². The molecule has 2 aliphatic rings. The number of hydrogen-bond donors (Lipinski definition) is 1. The first-order valence-electron chi connectivity index (χ1n) is 9.62. The van der Waals surface area contributed by atoms with Gasteiger partial charge in [0.25, 0.3) is 0 Å². The first-order valence-corrected chi connectivity index (χ1v) is 9.62. The van der Waals surface area contributed by atoms with Crippen LogP contribution in [0.4, 0.5) is 0 Å². The third-order valence-electron chi connectivity index (χ3n) is 5.32. The minimum Gasteiger partial charge on any atom is -0.345 e. The Morgan fingerprint density at radius 3 is 2.48 bits per heavy atom. The van der Waals surface area contributed by atoms with E-state index in [0.717, 1.165) is 31.2 Å². The van der Waals surface area contributed by atoms with Crippen molar-refractivity contribution in [3.63, 3.8) is 0 Å². The molecule has 1 atom stereocenters. The monoisotopic (exact) mass is 343 g/mol. The van der Waals surface area contributed by atoms with Gasteiger partial charge in [-0.3, -0.25) is 14.6 Å². The smallest absolute Gasteiger partial charge is 0.245 e. The molecular formula is C20H29N3O2. The normalized spacial score (nSPS) is 19.2. The number of nitrogens with zero attached hydrogens (tertiary/aromatic N) is 2. The Hall–Kier alpha value is -1.91. The number of rotatable bonds is 7. The Labute approximate surface area is 150 Å². The number of pyridine rings is 1. The van der Waals surface area contributed by atoms with Crippen LogP contribution in [0, 0.1) is 5.92 Å². The summed E-state index contributed by atoms with van der Waals surface area (Å²) in [4.78, 5) is 31.1. The molecule has 3 rings (SSSR count). The molecule has 0 aliphatic heterocycles. The highest BCUT2D eigenvalue weighted by Gasteiger charge is 2.35. The van der Waals surface area contributed by atoms with E-state index < -0.39 is 6.04 Å². The van der Waals surface area contributed by atoms with Gasteiger partial charge in [-0.05, 0) is 56.2 Å². The number of carbonyl (C=O) groups is 2. The minimum absolute atomic E-state index is 0.0207. The molecule has 2 aliphatic carbocycles. The molecule has 1 heterocycles. The zero-order valence-corrected chi connectivity index (χ0v) is 15.1. The van der Waals surface area contributed by atoms with Crippen molar-refractivity contribution in [2.75, 3.05) is 0 Å². The zero-order chi connectivity index (χ0) is 17.6. The van der Waals surface area contributed by atoms with Crippen LogP contribution in [-0.2, 0) is 16.1 Å². The Morgan fingerprint density at radius 1 is 1.16 bits per heavy atom. The Balaban J connectivity index is 1.53. The Morgan fingerprint density at radius 2 is 1.84 bits per heavy atom. The summed E-state index contributed by atoms with van der Waals surface area (Å²) >= 11 is 0. The predicted molar refractivity (Wildman–Crippen MR) is 96.6 cm³/mol. The maximum Gasteiger partial charge on any atom is 0.245 e. The molecule has 1 aromatic heterocycles. The van der Waals surface area contributed by atoms with E-state index in [4.69, 9.17) is 0 Å². The molecule has 0 bridgehead atoms. The quantitative estimate of drug-likeness (QED) is 0.828. The molecule has 0 aromatic carbocycles. The molecular weight excluding hydrogens is 314 g/mol. The molecule has 2 amide bonds. The number of carbonyl (C=O) groups excluding carboxylic acids is 2. The maximum absolute atomic E-state index is 12.9. The summed E-state index contributed by atoms with van der Waals surface area (Å²) in [5.74, 6) is 0.538. The van der Waals surface area contributed by atoms with Crippen molar-refractivity contribution >= 4 is 11.8 Å². The fourth-order valence-electron chi connectivity index (χ4n) is 3.72. The van der Waals surface area contributed by atoms with E-state index in [0.29, 0.717) is 24.9 Å². The molecule has 136 valence electrons. The molecule has 25 heavy (non-hydrogen) atoms. The van der Waals surface area contributed by atoms with Gasteiger partial charge in [0, 0.05) is 31.4 Å². The lowest BCUT2D eigenvalue weighted by Crippen LogP contribution is -2.47. The molecule has 0 spiro atoms. The van der Waals surface area contributed by atoms with Gasteiger partial charge < -0.3 is 10.2 Å². The molecule has 2 fully saturated rings. The molecule has 2 saturated carbocycles. The molecule has 0 saturated heterocycles. The second-order valence-corrected chi connectivity index (χ2v) is 7.55. The number of hydrogen-bond acceptors (Lipinski definition) is 3. The van der Waals surface area contributed by atoms with Crippen LogP contribution < -0.4 is 5.32 Å². The van der Waals surface area contributed by atoms with E-state index >= 15 is 0 Å². The summed E-state index contributed by atoms with van der Waals surface area (Å²) < 4.78 is 0. The van der Waals surface area contributed by atoms with Crippen molar-refractivity contribution < 1.29 is 9.59 Å². The third kappa shape index (κ3) is 5.28. The van der Waals surface area contributed by atoms with Crippen molar-refractivity contribution in [3.05, 3.63) is 30.1 Å². The SMILES string of the molecule is C[C@@H](NC(=O)CC1CCCCC1)C(=O)N(Cc1ccncc1)C1CC1. The van der Waals surface area contributed by atoms with Crippen LogP contribution in [-0.4, -0.2) is 33.8 Å². The summed E-state index contributed by atoms with van der Waals surface area (Å²) in [5.41, 5.74) is 1.08. The standard InChI is InChI=1S/C20H29N3O2/c1-15(22-19(24)13-16-5-3-2-4-6-16)20(25)23(18-7-8-18)14-17-9-11-21-12-10-17/h9-12,15-16,18H,2-8,13-14H2,1H3,(H,22,24)/t15-/m1/s1. The lowest BCUT2D eigenvalue weighted by Gasteiger charge is -2.27. The average Bonchev–Trinajstić information content (AvgIpc) is 3.45. The second kappa shape index (κ2) is 8.45. The third-order valence-corrected chi connectivity index (χ3v) is 5.32. The summed E-state index contributed by atoms with van der Waals surface area (Å²) in [6.07, 6.45) is 12.2. The molecule has 0 unspecified atom stereocenters. The summed E-state index contributed by atoms with van der Waals surface area (Å²) in [6, 6.07) is 3.74. The number of amides is 2. The van der Waals surface area contributed by atoms with Gasteiger partial charge >= 0.3 is 0 Å². The van der Waals surface area contributed by atoms with Gasteiger partial charge in [0.1, 0.15) is 6.04 Å². The van der Waals surface area contributed by atoms with E-state index in [1.165, 1.54) is 19.3 Å². The largest absolute Gasteiger partial charge is 0.345 e. The van der Waals surface area contributed by atoms with Gasteiger partial charge in [0.05, 0.1) is 0 Å². The molecule has 1 aromatic rings. The van der Waals surface area contributed by atoms with Crippen molar-refractivity contribution in [1.82, 2.24) is 15.2 Å². The zero-order valence-electron chi connectivity index (χ0n) is 15.1. The molecule has 0 radical (unpaired) electrons. The second-order valence-electron chi connectivity index (χ2n) is 7.55. The average molecular weight is 343 g/mol. The number of nitrogens with one attached hydrogen (secondary N) is 1. The number of aromatic nitrogens is 1. The van der Waals surface area contributed by atoms with Crippen LogP contribution >= 0.6 is 0 Å². The van der Waals surface area contributed by atoms with E-state index in [-0.39, 0.29) is 11.8 Å². The van der Waals surface area contributed by atoms with Crippen molar-refractivity contribution in [2.45, 2.75) is 76.9 Å².